The number of carbonyl (C=O) groups is 2. The van der Waals surface area contributed by atoms with E-state index in [0.717, 1.165) is 38.0 Å². The first kappa shape index (κ1) is 77.8. The minimum Gasteiger partial charge on any atom is -0.465 e. The summed E-state index contributed by atoms with van der Waals surface area (Å²) in [7, 11) is -5.20. The van der Waals surface area contributed by atoms with Crippen LogP contribution < -0.4 is 26.1 Å². The first-order chi connectivity index (χ1) is 46.8. The van der Waals surface area contributed by atoms with Crippen molar-refractivity contribution in [1.29, 1.82) is 0 Å². The summed E-state index contributed by atoms with van der Waals surface area (Å²) in [5.41, 5.74) is 15.7. The molecule has 30 heteroatoms. The summed E-state index contributed by atoms with van der Waals surface area (Å²) >= 11 is 18.9. The van der Waals surface area contributed by atoms with Crippen molar-refractivity contribution in [3.63, 3.8) is 0 Å². The van der Waals surface area contributed by atoms with E-state index in [1.54, 1.807) is 126 Å². The predicted octanol–water partition coefficient (Wildman–Crippen LogP) is 17.3. The number of aryl methyl sites for hydroxylation is 4. The van der Waals surface area contributed by atoms with Crippen LogP contribution in [-0.4, -0.2) is 115 Å². The van der Waals surface area contributed by atoms with Gasteiger partial charge in [0, 0.05) is 29.1 Å². The number of carbonyl (C=O) groups excluding carboxylic acids is 2. The highest BCUT2D eigenvalue weighted by atomic mass is 79.9. The highest BCUT2D eigenvalue weighted by Crippen LogP contribution is 2.43. The van der Waals surface area contributed by atoms with E-state index >= 15 is 0 Å². The number of benzene rings is 2. The lowest BCUT2D eigenvalue weighted by Crippen LogP contribution is -2.55. The second kappa shape index (κ2) is 31.9. The van der Waals surface area contributed by atoms with Crippen molar-refractivity contribution in [1.82, 2.24) is 54.8 Å². The molecule has 0 radical (unpaired) electrons. The molecule has 1 atom stereocenters. The normalized spacial score (nSPS) is 13.9. The van der Waals surface area contributed by atoms with Crippen LogP contribution in [0.25, 0.3) is 44.3 Å². The number of nitrogens with two attached hydrogens (primary N) is 2. The van der Waals surface area contributed by atoms with Crippen molar-refractivity contribution < 1.29 is 33.2 Å². The fourth-order valence-electron chi connectivity index (χ4n) is 11.6. The average Bonchev–Trinajstić information content (AvgIpc) is 1.30. The molecule has 9 aromatic heterocycles. The summed E-state index contributed by atoms with van der Waals surface area (Å²) in [6, 6.07) is 39.3. The van der Waals surface area contributed by atoms with Gasteiger partial charge < -0.3 is 49.3 Å². The lowest BCUT2D eigenvalue weighted by Gasteiger charge is -2.40. The Labute approximate surface area is 612 Å². The monoisotopic (exact) mass is 1590 g/mol. The molecule has 0 amide bonds. The fraction of sp³-hybridized carbons (Fsp3) is 0.329. The number of aromatic nitrogens is 11. The van der Waals surface area contributed by atoms with Crippen molar-refractivity contribution in [3.05, 3.63) is 198 Å². The van der Waals surface area contributed by atoms with Gasteiger partial charge in [-0.2, -0.15) is 31.7 Å². The number of ether oxygens (including phenoxy) is 2. The molecular weight excluding hydrogens is 1510 g/mol. The van der Waals surface area contributed by atoms with Gasteiger partial charge in [0.25, 0.3) is 0 Å². The van der Waals surface area contributed by atoms with Crippen LogP contribution in [0.4, 0.5) is 22.2 Å². The molecule has 0 saturated carbocycles. The molecule has 1 saturated heterocycles. The molecule has 7 N–H and O–H groups in total. The average molecular weight is 1590 g/mol. The summed E-state index contributed by atoms with van der Waals surface area (Å²) in [5, 5.41) is 20.3. The number of halogens is 4. The number of nitrogens with zero attached hydrogens (tertiary/aromatic N) is 10. The van der Waals surface area contributed by atoms with Gasteiger partial charge >= 0.3 is 17.8 Å². The molecule has 12 rings (SSSR count). The second-order valence-electron chi connectivity index (χ2n) is 27.5. The maximum Gasteiger partial charge on any atom is 0.423 e. The molecule has 1 aliphatic rings. The standard InChI is InChI=1S/C25H26N4O5.C23H20N6O3.C11H19BrN2Si2.C6H16Cl2Si2.C5H5BrN2/c1-7-32-23-27-21-17(22(30)18-10-8-9-11-26-18)12-16(20-14(2)28-34-15(20)3)13-19(21)29(23)24(31)33-25(4,5)6;1-12-20(13(2)32-29-12)14-10-15(21-16(11-14)26-22(30)28-21)23(31,17-6-3-4-9-25-17)18-7-5-8-19(24)27-18;1-15(2)8-9-16(3,4)14(15)11-7-5-6-10(12)13-11;1-9(2,7)5-6-10(3,4)8;6-4-2-1-3-5(7)8-4/h8-13H,7H2,1-6H3;3-11,31H,1-2H3,(H2,24,27)(H2,26,28,30);5-7H,8-9H2,1-4H3;5-6H2,1-4H3;1-3H,(H2,7,8). The zero-order valence-electron chi connectivity index (χ0n) is 59.1. The van der Waals surface area contributed by atoms with Crippen LogP contribution in [0.3, 0.4) is 0 Å². The van der Waals surface area contributed by atoms with E-state index in [4.69, 9.17) is 52.1 Å². The molecule has 1 aliphatic heterocycles. The largest absolute Gasteiger partial charge is 0.465 e. The summed E-state index contributed by atoms with van der Waals surface area (Å²) in [6.45, 7) is 33.2. The van der Waals surface area contributed by atoms with Crippen LogP contribution in [0.2, 0.25) is 76.6 Å². The van der Waals surface area contributed by atoms with Crippen LogP contribution >= 0.6 is 54.0 Å². The number of imidazole rings is 2. The molecule has 100 heavy (non-hydrogen) atoms. The van der Waals surface area contributed by atoms with E-state index in [9.17, 15) is 19.5 Å². The van der Waals surface area contributed by atoms with Gasteiger partial charge in [-0.05, 0) is 207 Å². The summed E-state index contributed by atoms with van der Waals surface area (Å²) in [5.74, 6) is 2.85. The van der Waals surface area contributed by atoms with Crippen molar-refractivity contribution in [3.8, 4) is 28.3 Å². The highest BCUT2D eigenvalue weighted by Gasteiger charge is 2.48. The summed E-state index contributed by atoms with van der Waals surface area (Å²) in [4.78, 5) is 70.6. The Bertz CT molecular complexity index is 4660. The molecule has 22 nitrogen and oxygen atoms in total. The number of nitrogen functional groups attached to an aromatic ring is 2. The first-order valence-corrected chi connectivity index (χ1v) is 48.7. The topological polar surface area (TPSA) is 311 Å². The highest BCUT2D eigenvalue weighted by molar-refractivity contribution is 9.10. The van der Waals surface area contributed by atoms with Crippen LogP contribution in [0.1, 0.15) is 83.6 Å². The van der Waals surface area contributed by atoms with Gasteiger partial charge in [-0.3, -0.25) is 14.8 Å². The lowest BCUT2D eigenvalue weighted by atomic mass is 9.83. The Morgan fingerprint density at radius 1 is 0.690 bits per heavy atom. The SMILES string of the molecule is CCOc1nc2c(C(=O)c3ccccn3)cc(-c3c(C)noc3C)cc2n1C(=O)OC(C)(C)C.C[Si](C)(Cl)CC[Si](C)(C)Cl.C[Si]1(C)CC[Si](C)(C)N1c1cccc(Br)n1.Cc1noc(C)c1-c1cc(C(O)(c2ccccn2)c2cccc(N)n2)c2[nH]c(=O)[nH]c2c1.Nc1cccc(Br)n1. The number of rotatable bonds is 13. The maximum absolute atomic E-state index is 13.5. The summed E-state index contributed by atoms with van der Waals surface area (Å²) in [6.07, 6.45) is 2.47. The van der Waals surface area contributed by atoms with Gasteiger partial charge in [-0.1, -0.05) is 93.0 Å². The number of hydrogen-bond acceptors (Lipinski definition) is 19. The second-order valence-corrected chi connectivity index (χ2v) is 52.7. The van der Waals surface area contributed by atoms with Gasteiger partial charge in [0.2, 0.25) is 5.78 Å². The van der Waals surface area contributed by atoms with Gasteiger partial charge in [0.1, 0.15) is 86.2 Å². The number of hydrogen-bond donors (Lipinski definition) is 5. The van der Waals surface area contributed by atoms with E-state index < -0.39 is 54.2 Å². The molecule has 1 unspecified atom stereocenters. The van der Waals surface area contributed by atoms with Crippen molar-refractivity contribution >= 4 is 137 Å². The van der Waals surface area contributed by atoms with Crippen LogP contribution in [0.5, 0.6) is 6.01 Å². The Kier molecular flexibility index (Phi) is 24.8. The Morgan fingerprint density at radius 3 is 1.71 bits per heavy atom. The summed E-state index contributed by atoms with van der Waals surface area (Å²) < 4.78 is 27.7. The molecule has 0 bridgehead atoms. The molecule has 11 aromatic rings. The third-order valence-electron chi connectivity index (χ3n) is 16.1. The number of H-pyrrole nitrogens is 2. The number of fused-ring (bicyclic) bond motifs is 2. The van der Waals surface area contributed by atoms with E-state index in [2.05, 4.69) is 151 Å². The number of anilines is 3. The van der Waals surface area contributed by atoms with Crippen LogP contribution in [0, 0.1) is 27.7 Å². The molecule has 1 fully saturated rings. The molecule has 0 spiro atoms. The maximum atomic E-state index is 13.5. The van der Waals surface area contributed by atoms with E-state index in [-0.39, 0.29) is 41.2 Å². The lowest BCUT2D eigenvalue weighted by molar-refractivity contribution is 0.0527. The number of aliphatic hydroxyl groups is 1. The van der Waals surface area contributed by atoms with Gasteiger partial charge in [-0.15, -0.1) is 0 Å². The third kappa shape index (κ3) is 19.4. The smallest absolute Gasteiger partial charge is 0.423 e. The number of aromatic amines is 2. The number of ketones is 1. The van der Waals surface area contributed by atoms with Crippen molar-refractivity contribution in [2.45, 2.75) is 143 Å². The van der Waals surface area contributed by atoms with E-state index in [1.807, 2.05) is 45.0 Å². The minimum atomic E-state index is -1.81. The third-order valence-corrected chi connectivity index (χ3v) is 31.5. The Hall–Kier alpha value is -7.94. The zero-order valence-corrected chi connectivity index (χ0v) is 67.8. The van der Waals surface area contributed by atoms with Gasteiger partial charge in [-0.25, -0.2) is 24.5 Å². The van der Waals surface area contributed by atoms with Crippen molar-refractivity contribution in [2.24, 2.45) is 0 Å². The molecule has 10 heterocycles. The zero-order chi connectivity index (χ0) is 73.5. The number of pyridine rings is 5. The fourth-order valence-corrected chi connectivity index (χ4v) is 32.8. The molecule has 0 aliphatic carbocycles. The Morgan fingerprint density at radius 2 is 1.23 bits per heavy atom. The van der Waals surface area contributed by atoms with Gasteiger partial charge in [0.15, 0.2) is 5.60 Å². The van der Waals surface area contributed by atoms with E-state index in [0.29, 0.717) is 67.6 Å². The first-order valence-electron chi connectivity index (χ1n) is 32.4. The number of nitrogens with one attached hydrogen (secondary N) is 2. The van der Waals surface area contributed by atoms with E-state index in [1.165, 1.54) is 22.5 Å². The molecular formula is C70H86Br2Cl2N14O8Si4. The van der Waals surface area contributed by atoms with Crippen LogP contribution in [-0.2, 0) is 10.3 Å². The quantitative estimate of drug-likeness (QED) is 0.0310. The van der Waals surface area contributed by atoms with Crippen LogP contribution in [0.15, 0.2) is 151 Å². The predicted molar refractivity (Wildman–Crippen MR) is 416 cm³/mol. The Balaban J connectivity index is 0.000000176. The minimum absolute atomic E-state index is 0.0396. The van der Waals surface area contributed by atoms with Gasteiger partial charge in [0.05, 0.1) is 51.5 Å². The van der Waals surface area contributed by atoms with Crippen molar-refractivity contribution in [2.75, 3.05) is 22.3 Å². The molecule has 528 valence electrons. The molecule has 2 aromatic carbocycles.